The smallest absolute Gasteiger partial charge is 0.176 e. The molecule has 0 bridgehead atoms. The summed E-state index contributed by atoms with van der Waals surface area (Å²) in [5.41, 5.74) is 3.23. The third-order valence-corrected chi connectivity index (χ3v) is 4.46. The number of pyridine rings is 1. The number of halogens is 1. The number of nitrogens with one attached hydrogen (secondary N) is 1. The number of furan rings is 1. The molecule has 0 unspecified atom stereocenters. The zero-order valence-electron chi connectivity index (χ0n) is 14.9. The van der Waals surface area contributed by atoms with Gasteiger partial charge in [0.1, 0.15) is 11.6 Å². The minimum Gasteiger partial charge on any atom is -0.493 e. The average Bonchev–Trinajstić information content (AvgIpc) is 3.15. The molecular formula is C22H19FN2O2. The summed E-state index contributed by atoms with van der Waals surface area (Å²) in [5.74, 6) is 0.802. The second kappa shape index (κ2) is 7.60. The molecule has 2 aromatic carbocycles. The molecular weight excluding hydrogens is 343 g/mol. The normalized spacial score (nSPS) is 11.0. The molecule has 2 aromatic heterocycles. The third kappa shape index (κ3) is 3.55. The third-order valence-electron chi connectivity index (χ3n) is 4.46. The number of ether oxygens (including phenoxy) is 1. The number of hydrogen-bond acceptors (Lipinski definition) is 4. The van der Waals surface area contributed by atoms with E-state index in [0.717, 1.165) is 16.5 Å². The molecule has 1 N–H and O–H groups in total. The Kier molecular flexibility index (Phi) is 4.85. The monoisotopic (exact) mass is 362 g/mol. The van der Waals surface area contributed by atoms with E-state index in [1.807, 2.05) is 36.5 Å². The van der Waals surface area contributed by atoms with Crippen LogP contribution >= 0.6 is 0 Å². The lowest BCUT2D eigenvalue weighted by molar-refractivity contribution is 0.410. The molecule has 5 heteroatoms. The van der Waals surface area contributed by atoms with Crippen molar-refractivity contribution in [3.8, 4) is 17.1 Å². The molecule has 0 amide bonds. The lowest BCUT2D eigenvalue weighted by Crippen LogP contribution is -2.12. The number of hydrogen-bond donors (Lipinski definition) is 1. The molecule has 0 spiro atoms. The highest BCUT2D eigenvalue weighted by Crippen LogP contribution is 2.36. The second-order valence-corrected chi connectivity index (χ2v) is 6.23. The van der Waals surface area contributed by atoms with E-state index < -0.39 is 0 Å². The lowest BCUT2D eigenvalue weighted by Gasteiger charge is -2.08. The fourth-order valence-corrected chi connectivity index (χ4v) is 3.11. The van der Waals surface area contributed by atoms with Crippen molar-refractivity contribution in [3.05, 3.63) is 83.9 Å². The Morgan fingerprint density at radius 3 is 2.74 bits per heavy atom. The van der Waals surface area contributed by atoms with Crippen LogP contribution < -0.4 is 10.1 Å². The van der Waals surface area contributed by atoms with Crippen LogP contribution in [-0.4, -0.2) is 12.1 Å². The molecule has 27 heavy (non-hydrogen) atoms. The van der Waals surface area contributed by atoms with E-state index in [1.54, 1.807) is 31.5 Å². The summed E-state index contributed by atoms with van der Waals surface area (Å²) in [6.45, 7) is 1.35. The van der Waals surface area contributed by atoms with Crippen LogP contribution in [0.4, 0.5) is 4.39 Å². The lowest BCUT2D eigenvalue weighted by atomic mass is 10.1. The molecule has 4 aromatic rings. The molecule has 2 heterocycles. The summed E-state index contributed by atoms with van der Waals surface area (Å²) >= 11 is 0. The van der Waals surface area contributed by atoms with Crippen molar-refractivity contribution >= 4 is 11.0 Å². The number of fused-ring (bicyclic) bond motifs is 1. The number of methoxy groups -OCH3 is 1. The molecule has 0 fully saturated rings. The highest BCUT2D eigenvalue weighted by molar-refractivity contribution is 5.90. The van der Waals surface area contributed by atoms with Gasteiger partial charge in [0.05, 0.1) is 12.7 Å². The SMILES string of the molecule is COc1ccc(CNCc2cccnc2)c2cc(-c3ccccc3F)oc12. The summed E-state index contributed by atoms with van der Waals surface area (Å²) in [5, 5.41) is 4.32. The average molecular weight is 362 g/mol. The maximum absolute atomic E-state index is 14.2. The van der Waals surface area contributed by atoms with Crippen molar-refractivity contribution in [1.29, 1.82) is 0 Å². The quantitative estimate of drug-likeness (QED) is 0.528. The summed E-state index contributed by atoms with van der Waals surface area (Å²) in [6.07, 6.45) is 3.59. The van der Waals surface area contributed by atoms with Gasteiger partial charge < -0.3 is 14.5 Å². The molecule has 0 atom stereocenters. The van der Waals surface area contributed by atoms with Gasteiger partial charge in [0.25, 0.3) is 0 Å². The van der Waals surface area contributed by atoms with Crippen LogP contribution in [0.2, 0.25) is 0 Å². The van der Waals surface area contributed by atoms with Gasteiger partial charge in [-0.1, -0.05) is 24.3 Å². The van der Waals surface area contributed by atoms with Crippen molar-refractivity contribution < 1.29 is 13.5 Å². The van der Waals surface area contributed by atoms with Crippen LogP contribution in [0.3, 0.4) is 0 Å². The topological polar surface area (TPSA) is 47.3 Å². The van der Waals surface area contributed by atoms with E-state index in [9.17, 15) is 4.39 Å². The Hall–Kier alpha value is -3.18. The van der Waals surface area contributed by atoms with Crippen molar-refractivity contribution in [2.75, 3.05) is 7.11 Å². The van der Waals surface area contributed by atoms with Crippen LogP contribution in [0.15, 0.2) is 71.4 Å². The van der Waals surface area contributed by atoms with Gasteiger partial charge in [0.15, 0.2) is 11.3 Å². The van der Waals surface area contributed by atoms with Crippen molar-refractivity contribution in [2.24, 2.45) is 0 Å². The molecule has 4 nitrogen and oxygen atoms in total. The van der Waals surface area contributed by atoms with Gasteiger partial charge in [-0.2, -0.15) is 0 Å². The summed E-state index contributed by atoms with van der Waals surface area (Å²) in [7, 11) is 1.60. The first-order valence-corrected chi connectivity index (χ1v) is 8.70. The Morgan fingerprint density at radius 2 is 1.96 bits per heavy atom. The van der Waals surface area contributed by atoms with Gasteiger partial charge >= 0.3 is 0 Å². The van der Waals surface area contributed by atoms with Gasteiger partial charge in [0, 0.05) is 30.9 Å². The van der Waals surface area contributed by atoms with Gasteiger partial charge in [0.2, 0.25) is 0 Å². The fraction of sp³-hybridized carbons (Fsp3) is 0.136. The van der Waals surface area contributed by atoms with Crippen LogP contribution in [0.25, 0.3) is 22.3 Å². The molecule has 0 aliphatic heterocycles. The van der Waals surface area contributed by atoms with Crippen LogP contribution in [0.1, 0.15) is 11.1 Å². The van der Waals surface area contributed by atoms with E-state index in [1.165, 1.54) is 6.07 Å². The highest BCUT2D eigenvalue weighted by atomic mass is 19.1. The molecule has 0 aliphatic rings. The standard InChI is InChI=1S/C22H19FN2O2/c1-26-20-9-8-16(14-25-13-15-5-4-10-24-12-15)18-11-21(27-22(18)20)17-6-2-3-7-19(17)23/h2-12,25H,13-14H2,1H3. The molecule has 0 radical (unpaired) electrons. The number of rotatable bonds is 6. The van der Waals surface area contributed by atoms with E-state index in [0.29, 0.717) is 35.7 Å². The minimum absolute atomic E-state index is 0.313. The van der Waals surface area contributed by atoms with Gasteiger partial charge in [-0.3, -0.25) is 4.98 Å². The van der Waals surface area contributed by atoms with E-state index >= 15 is 0 Å². The van der Waals surface area contributed by atoms with E-state index in [2.05, 4.69) is 10.3 Å². The Labute approximate surface area is 156 Å². The zero-order valence-corrected chi connectivity index (χ0v) is 14.9. The molecule has 0 saturated carbocycles. The molecule has 0 aliphatic carbocycles. The van der Waals surface area contributed by atoms with Gasteiger partial charge in [-0.15, -0.1) is 0 Å². The number of aromatic nitrogens is 1. The molecule has 136 valence electrons. The summed E-state index contributed by atoms with van der Waals surface area (Å²) in [6, 6.07) is 16.3. The Bertz CT molecular complexity index is 1060. The van der Waals surface area contributed by atoms with Crippen molar-refractivity contribution in [1.82, 2.24) is 10.3 Å². The molecule has 4 rings (SSSR count). The first-order valence-electron chi connectivity index (χ1n) is 8.70. The van der Waals surface area contributed by atoms with E-state index in [-0.39, 0.29) is 5.82 Å². The predicted molar refractivity (Wildman–Crippen MR) is 103 cm³/mol. The zero-order chi connectivity index (χ0) is 18.6. The Morgan fingerprint density at radius 1 is 1.07 bits per heavy atom. The van der Waals surface area contributed by atoms with E-state index in [4.69, 9.17) is 9.15 Å². The predicted octanol–water partition coefficient (Wildman–Crippen LogP) is 4.93. The van der Waals surface area contributed by atoms with Crippen molar-refractivity contribution in [2.45, 2.75) is 13.1 Å². The highest BCUT2D eigenvalue weighted by Gasteiger charge is 2.16. The molecule has 0 saturated heterocycles. The summed E-state index contributed by atoms with van der Waals surface area (Å²) in [4.78, 5) is 4.12. The first kappa shape index (κ1) is 17.2. The minimum atomic E-state index is -0.313. The Balaban J connectivity index is 1.66. The number of nitrogens with zero attached hydrogens (tertiary/aromatic N) is 1. The summed E-state index contributed by atoms with van der Waals surface area (Å²) < 4.78 is 25.5. The van der Waals surface area contributed by atoms with Crippen molar-refractivity contribution in [3.63, 3.8) is 0 Å². The van der Waals surface area contributed by atoms with Crippen LogP contribution in [0, 0.1) is 5.82 Å². The maximum atomic E-state index is 14.2. The number of benzene rings is 2. The second-order valence-electron chi connectivity index (χ2n) is 6.23. The van der Waals surface area contributed by atoms with Gasteiger partial charge in [-0.25, -0.2) is 4.39 Å². The maximum Gasteiger partial charge on any atom is 0.176 e. The largest absolute Gasteiger partial charge is 0.493 e. The van der Waals surface area contributed by atoms with Gasteiger partial charge in [-0.05, 0) is 41.5 Å². The fourth-order valence-electron chi connectivity index (χ4n) is 3.11. The van der Waals surface area contributed by atoms with Crippen LogP contribution in [0.5, 0.6) is 5.75 Å². The first-order chi connectivity index (χ1) is 13.3. The van der Waals surface area contributed by atoms with Crippen LogP contribution in [-0.2, 0) is 13.1 Å².